The molecule has 13 heavy (non-hydrogen) atoms. The molecule has 0 spiro atoms. The van der Waals surface area contributed by atoms with Crippen LogP contribution in [-0.2, 0) is 11.8 Å². The van der Waals surface area contributed by atoms with Gasteiger partial charge in [0.25, 0.3) is 11.7 Å². The minimum atomic E-state index is -0.534. The number of aryl methyl sites for hydroxylation is 1. The first-order valence-electron chi connectivity index (χ1n) is 3.77. The van der Waals surface area contributed by atoms with E-state index in [0.29, 0.717) is 5.56 Å². The lowest BCUT2D eigenvalue weighted by Gasteiger charge is -2.06. The van der Waals surface area contributed by atoms with Gasteiger partial charge in [-0.2, -0.15) is 5.10 Å². The Morgan fingerprint density at radius 2 is 2.08 bits per heavy atom. The van der Waals surface area contributed by atoms with Gasteiger partial charge in [-0.3, -0.25) is 14.3 Å². The number of likely N-dealkylation sites (N-methyl/N-ethyl adjacent to an activating group) is 1. The van der Waals surface area contributed by atoms with Gasteiger partial charge >= 0.3 is 0 Å². The van der Waals surface area contributed by atoms with Gasteiger partial charge in [0.05, 0.1) is 11.8 Å². The highest BCUT2D eigenvalue weighted by Gasteiger charge is 2.18. The molecule has 0 saturated carbocycles. The van der Waals surface area contributed by atoms with E-state index in [0.717, 1.165) is 0 Å². The molecule has 5 nitrogen and oxygen atoms in total. The quantitative estimate of drug-likeness (QED) is 0.464. The molecule has 0 aliphatic heterocycles. The van der Waals surface area contributed by atoms with E-state index >= 15 is 0 Å². The van der Waals surface area contributed by atoms with E-state index < -0.39 is 11.7 Å². The van der Waals surface area contributed by atoms with Crippen molar-refractivity contribution in [1.29, 1.82) is 0 Å². The van der Waals surface area contributed by atoms with Crippen LogP contribution in [-0.4, -0.2) is 40.5 Å². The van der Waals surface area contributed by atoms with Crippen LogP contribution in [0.5, 0.6) is 0 Å². The Labute approximate surface area is 75.9 Å². The Bertz CT molecular complexity index is 341. The molecule has 1 rings (SSSR count). The zero-order valence-electron chi connectivity index (χ0n) is 7.81. The van der Waals surface area contributed by atoms with Gasteiger partial charge in [0.1, 0.15) is 0 Å². The lowest BCUT2D eigenvalue weighted by Crippen LogP contribution is -2.29. The average Bonchev–Trinajstić information content (AvgIpc) is 2.49. The third kappa shape index (κ3) is 1.93. The van der Waals surface area contributed by atoms with E-state index in [1.807, 2.05) is 0 Å². The van der Waals surface area contributed by atoms with Crippen molar-refractivity contribution < 1.29 is 9.59 Å². The van der Waals surface area contributed by atoms with Crippen molar-refractivity contribution in [1.82, 2.24) is 14.7 Å². The van der Waals surface area contributed by atoms with Gasteiger partial charge in [0.2, 0.25) is 0 Å². The zero-order chi connectivity index (χ0) is 10.0. The average molecular weight is 181 g/mol. The molecule has 0 aromatic carbocycles. The summed E-state index contributed by atoms with van der Waals surface area (Å²) in [5.41, 5.74) is 0.321. The van der Waals surface area contributed by atoms with Crippen molar-refractivity contribution in [2.45, 2.75) is 0 Å². The largest absolute Gasteiger partial charge is 0.342 e. The number of carbonyl (C=O) groups is 2. The number of hydrogen-bond acceptors (Lipinski definition) is 3. The number of aromatic nitrogens is 2. The second-order valence-electron chi connectivity index (χ2n) is 2.93. The second-order valence-corrected chi connectivity index (χ2v) is 2.93. The summed E-state index contributed by atoms with van der Waals surface area (Å²) in [6.07, 6.45) is 2.90. The molecule has 0 aliphatic rings. The fourth-order valence-electron chi connectivity index (χ4n) is 0.865. The summed E-state index contributed by atoms with van der Waals surface area (Å²) in [5.74, 6) is -1.06. The molecule has 0 saturated heterocycles. The maximum Gasteiger partial charge on any atom is 0.294 e. The Morgan fingerprint density at radius 3 is 2.46 bits per heavy atom. The van der Waals surface area contributed by atoms with Crippen molar-refractivity contribution in [3.8, 4) is 0 Å². The Morgan fingerprint density at radius 1 is 1.46 bits per heavy atom. The van der Waals surface area contributed by atoms with Crippen LogP contribution in [0.4, 0.5) is 0 Å². The highest BCUT2D eigenvalue weighted by Crippen LogP contribution is 1.99. The molecular weight excluding hydrogens is 170 g/mol. The van der Waals surface area contributed by atoms with Crippen LogP contribution in [0.1, 0.15) is 10.4 Å². The van der Waals surface area contributed by atoms with Crippen molar-refractivity contribution >= 4 is 11.7 Å². The van der Waals surface area contributed by atoms with E-state index in [9.17, 15) is 9.59 Å². The fraction of sp³-hybridized carbons (Fsp3) is 0.375. The molecule has 0 atom stereocenters. The van der Waals surface area contributed by atoms with Crippen LogP contribution < -0.4 is 0 Å². The number of carbonyl (C=O) groups excluding carboxylic acids is 2. The van der Waals surface area contributed by atoms with Crippen molar-refractivity contribution in [2.24, 2.45) is 7.05 Å². The summed E-state index contributed by atoms with van der Waals surface area (Å²) in [4.78, 5) is 23.8. The van der Waals surface area contributed by atoms with E-state index in [1.165, 1.54) is 36.1 Å². The maximum atomic E-state index is 11.4. The predicted octanol–water partition coefficient (Wildman–Crippen LogP) is -0.309. The maximum absolute atomic E-state index is 11.4. The predicted molar refractivity (Wildman–Crippen MR) is 46.2 cm³/mol. The molecule has 1 heterocycles. The summed E-state index contributed by atoms with van der Waals surface area (Å²) in [7, 11) is 4.77. The number of ketones is 1. The molecule has 1 amide bonds. The molecule has 0 radical (unpaired) electrons. The summed E-state index contributed by atoms with van der Waals surface area (Å²) in [6, 6.07) is 0. The Kier molecular flexibility index (Phi) is 2.46. The number of hydrogen-bond donors (Lipinski definition) is 0. The highest BCUT2D eigenvalue weighted by molar-refractivity contribution is 6.42. The van der Waals surface area contributed by atoms with Crippen LogP contribution in [0.15, 0.2) is 12.4 Å². The van der Waals surface area contributed by atoms with Gasteiger partial charge in [0, 0.05) is 27.3 Å². The van der Waals surface area contributed by atoms with Crippen LogP contribution in [0.3, 0.4) is 0 Å². The normalized spacial score (nSPS) is 9.77. The van der Waals surface area contributed by atoms with Gasteiger partial charge in [0.15, 0.2) is 0 Å². The summed E-state index contributed by atoms with van der Waals surface area (Å²) in [6.45, 7) is 0. The first kappa shape index (κ1) is 9.44. The summed E-state index contributed by atoms with van der Waals surface area (Å²) in [5, 5.41) is 3.80. The van der Waals surface area contributed by atoms with Crippen molar-refractivity contribution in [2.75, 3.05) is 14.1 Å². The molecule has 1 aromatic heterocycles. The molecular formula is C8H11N3O2. The topological polar surface area (TPSA) is 55.2 Å². The van der Waals surface area contributed by atoms with Crippen LogP contribution in [0.2, 0.25) is 0 Å². The minimum absolute atomic E-state index is 0.321. The molecule has 0 unspecified atom stereocenters. The third-order valence-electron chi connectivity index (χ3n) is 1.57. The van der Waals surface area contributed by atoms with E-state index in [2.05, 4.69) is 5.10 Å². The molecule has 0 aliphatic carbocycles. The monoisotopic (exact) mass is 181 g/mol. The molecule has 0 fully saturated rings. The zero-order valence-corrected chi connectivity index (χ0v) is 7.81. The van der Waals surface area contributed by atoms with Gasteiger partial charge in [-0.25, -0.2) is 0 Å². The lowest BCUT2D eigenvalue weighted by atomic mass is 10.2. The molecule has 5 heteroatoms. The number of Topliss-reactive ketones (excluding diaryl/α,β-unsaturated/α-hetero) is 1. The Balaban J connectivity index is 2.86. The second kappa shape index (κ2) is 3.38. The summed E-state index contributed by atoms with van der Waals surface area (Å²) >= 11 is 0. The van der Waals surface area contributed by atoms with Crippen LogP contribution in [0.25, 0.3) is 0 Å². The fourth-order valence-corrected chi connectivity index (χ4v) is 0.865. The van der Waals surface area contributed by atoms with Crippen LogP contribution in [0, 0.1) is 0 Å². The van der Waals surface area contributed by atoms with E-state index in [4.69, 9.17) is 0 Å². The molecule has 70 valence electrons. The lowest BCUT2D eigenvalue weighted by molar-refractivity contribution is -0.124. The summed E-state index contributed by atoms with van der Waals surface area (Å²) < 4.78 is 1.48. The minimum Gasteiger partial charge on any atom is -0.342 e. The molecule has 1 aromatic rings. The van der Waals surface area contributed by atoms with Gasteiger partial charge in [-0.15, -0.1) is 0 Å². The standard InChI is InChI=1S/C8H11N3O2/c1-10(2)8(13)7(12)6-4-9-11(3)5-6/h4-5H,1-3H3. The first-order valence-corrected chi connectivity index (χ1v) is 3.77. The van der Waals surface area contributed by atoms with Crippen molar-refractivity contribution in [3.05, 3.63) is 18.0 Å². The van der Waals surface area contributed by atoms with Crippen LogP contribution >= 0.6 is 0 Å². The van der Waals surface area contributed by atoms with Gasteiger partial charge in [-0.05, 0) is 0 Å². The first-order chi connectivity index (χ1) is 6.02. The number of rotatable bonds is 2. The smallest absolute Gasteiger partial charge is 0.294 e. The SMILES string of the molecule is CN(C)C(=O)C(=O)c1cnn(C)c1. The van der Waals surface area contributed by atoms with E-state index in [1.54, 1.807) is 7.05 Å². The number of amides is 1. The number of nitrogens with zero attached hydrogens (tertiary/aromatic N) is 3. The molecule has 0 N–H and O–H groups in total. The molecule has 0 bridgehead atoms. The van der Waals surface area contributed by atoms with Gasteiger partial charge in [-0.1, -0.05) is 0 Å². The van der Waals surface area contributed by atoms with E-state index in [-0.39, 0.29) is 0 Å². The Hall–Kier alpha value is -1.65. The van der Waals surface area contributed by atoms with Crippen molar-refractivity contribution in [3.63, 3.8) is 0 Å². The van der Waals surface area contributed by atoms with Gasteiger partial charge < -0.3 is 4.90 Å². The third-order valence-corrected chi connectivity index (χ3v) is 1.57. The highest BCUT2D eigenvalue weighted by atomic mass is 16.2.